The summed E-state index contributed by atoms with van der Waals surface area (Å²) in [5, 5.41) is 4.09. The molecule has 0 bridgehead atoms. The van der Waals surface area contributed by atoms with Crippen LogP contribution in [-0.4, -0.2) is 82.3 Å². The van der Waals surface area contributed by atoms with Gasteiger partial charge in [0.1, 0.15) is 5.82 Å². The number of nitrogens with zero attached hydrogens (tertiary/aromatic N) is 7. The van der Waals surface area contributed by atoms with E-state index >= 15 is 0 Å². The normalized spacial score (nSPS) is 23.9. The molecular weight excluding hydrogens is 484 g/mol. The van der Waals surface area contributed by atoms with Crippen LogP contribution in [0.25, 0.3) is 0 Å². The summed E-state index contributed by atoms with van der Waals surface area (Å²) in [6.45, 7) is 11.1. The molecule has 0 unspecified atom stereocenters. The summed E-state index contributed by atoms with van der Waals surface area (Å²) in [7, 11) is 0. The lowest BCUT2D eigenvalue weighted by molar-refractivity contribution is -0.135. The molecule has 0 spiro atoms. The number of ether oxygens (including phenoxy) is 1. The average molecular weight is 527 g/mol. The molecule has 3 aliphatic heterocycles. The van der Waals surface area contributed by atoms with Gasteiger partial charge in [-0.2, -0.15) is 4.98 Å². The Kier molecular flexibility index (Phi) is 8.30. The highest BCUT2D eigenvalue weighted by Crippen LogP contribution is 2.30. The molecule has 1 amide bonds. The number of carbonyl (C=O) groups excluding carboxylic acids is 1. The topological polar surface area (TPSA) is 127 Å². The molecule has 0 aliphatic carbocycles. The van der Waals surface area contributed by atoms with Crippen molar-refractivity contribution in [2.24, 2.45) is 17.6 Å². The fraction of sp³-hybridized carbons (Fsp3) is 0.741. The fourth-order valence-electron chi connectivity index (χ4n) is 5.89. The molecule has 3 aliphatic rings. The van der Waals surface area contributed by atoms with E-state index in [0.717, 1.165) is 63.4 Å². The van der Waals surface area contributed by atoms with E-state index in [9.17, 15) is 4.79 Å². The first-order chi connectivity index (χ1) is 18.4. The Balaban J connectivity index is 1.04. The van der Waals surface area contributed by atoms with Gasteiger partial charge in [0.05, 0.1) is 25.0 Å². The van der Waals surface area contributed by atoms with Gasteiger partial charge in [-0.25, -0.2) is 9.97 Å². The highest BCUT2D eigenvalue weighted by Gasteiger charge is 2.38. The molecule has 11 nitrogen and oxygen atoms in total. The minimum absolute atomic E-state index is 0.0402. The summed E-state index contributed by atoms with van der Waals surface area (Å²) in [6, 6.07) is 0.614. The number of hydrogen-bond donors (Lipinski definition) is 1. The summed E-state index contributed by atoms with van der Waals surface area (Å²) in [5.41, 5.74) is 6.41. The zero-order valence-electron chi connectivity index (χ0n) is 23.0. The second-order valence-corrected chi connectivity index (χ2v) is 11.4. The quantitative estimate of drug-likeness (QED) is 0.521. The molecule has 5 rings (SSSR count). The van der Waals surface area contributed by atoms with Gasteiger partial charge in [0.2, 0.25) is 11.8 Å². The van der Waals surface area contributed by atoms with Gasteiger partial charge in [-0.3, -0.25) is 4.79 Å². The van der Waals surface area contributed by atoms with Gasteiger partial charge in [0.15, 0.2) is 5.82 Å². The van der Waals surface area contributed by atoms with E-state index < -0.39 is 0 Å². The van der Waals surface area contributed by atoms with Gasteiger partial charge in [0, 0.05) is 51.1 Å². The number of aromatic nitrogens is 4. The third kappa shape index (κ3) is 6.03. The second kappa shape index (κ2) is 11.8. The molecule has 208 valence electrons. The number of nitrogens with two attached hydrogens (primary N) is 1. The van der Waals surface area contributed by atoms with E-state index in [4.69, 9.17) is 15.0 Å². The van der Waals surface area contributed by atoms with Crippen molar-refractivity contribution in [1.82, 2.24) is 25.0 Å². The van der Waals surface area contributed by atoms with Crippen molar-refractivity contribution >= 4 is 17.7 Å². The van der Waals surface area contributed by atoms with Crippen molar-refractivity contribution in [3.05, 3.63) is 18.2 Å². The van der Waals surface area contributed by atoms with E-state index in [1.165, 1.54) is 0 Å². The Hall–Kier alpha value is -2.95. The van der Waals surface area contributed by atoms with Gasteiger partial charge >= 0.3 is 6.01 Å². The van der Waals surface area contributed by atoms with Crippen molar-refractivity contribution < 1.29 is 14.1 Å². The van der Waals surface area contributed by atoms with Crippen molar-refractivity contribution in [3.8, 4) is 5.88 Å². The first-order valence-electron chi connectivity index (χ1n) is 14.2. The van der Waals surface area contributed by atoms with Gasteiger partial charge in [-0.1, -0.05) is 25.9 Å². The number of rotatable bonds is 9. The maximum absolute atomic E-state index is 12.4. The number of piperidine rings is 2. The third-order valence-corrected chi connectivity index (χ3v) is 8.42. The minimum Gasteiger partial charge on any atom is -0.477 e. The molecular formula is C27H42N8O3. The lowest BCUT2D eigenvalue weighted by atomic mass is 9.84. The van der Waals surface area contributed by atoms with E-state index in [2.05, 4.69) is 50.7 Å². The highest BCUT2D eigenvalue weighted by atomic mass is 16.5. The molecule has 2 aromatic heterocycles. The number of carbonyl (C=O) groups is 1. The van der Waals surface area contributed by atoms with Gasteiger partial charge in [0.25, 0.3) is 0 Å². The molecule has 3 fully saturated rings. The Labute approximate surface area is 225 Å². The molecule has 5 heterocycles. The first-order valence-corrected chi connectivity index (χ1v) is 14.2. The lowest BCUT2D eigenvalue weighted by Crippen LogP contribution is -2.51. The summed E-state index contributed by atoms with van der Waals surface area (Å²) in [4.78, 5) is 32.3. The standard InChI is InChI=1S/C27H42N8O3/c1-18(2)26-31-27(38-32-26)33-11-7-20(8-12-33)19(3)9-13-37-24-15-29-23(14-30-24)34-16-21(28)22(17-34)35-10-5-4-6-25(35)36/h14-15,18-22H,4-13,16-17,28H2,1-3H3/t19-,21+,22+/m1/s1. The molecule has 0 saturated carbocycles. The summed E-state index contributed by atoms with van der Waals surface area (Å²) in [5.74, 6) is 3.79. The summed E-state index contributed by atoms with van der Waals surface area (Å²) in [6.07, 6.45) is 9.30. The molecule has 2 aromatic rings. The molecule has 3 saturated heterocycles. The molecule has 2 N–H and O–H groups in total. The van der Waals surface area contributed by atoms with Crippen molar-refractivity contribution in [1.29, 1.82) is 0 Å². The van der Waals surface area contributed by atoms with E-state index in [1.807, 2.05) is 4.90 Å². The van der Waals surface area contributed by atoms with Gasteiger partial charge in [-0.05, 0) is 43.9 Å². The maximum Gasteiger partial charge on any atom is 0.324 e. The summed E-state index contributed by atoms with van der Waals surface area (Å²) < 4.78 is 11.4. The Morgan fingerprint density at radius 2 is 1.89 bits per heavy atom. The van der Waals surface area contributed by atoms with Crippen LogP contribution in [0.15, 0.2) is 16.9 Å². The molecule has 3 atom stereocenters. The van der Waals surface area contributed by atoms with Crippen LogP contribution in [0, 0.1) is 11.8 Å². The van der Waals surface area contributed by atoms with E-state index in [1.54, 1.807) is 12.4 Å². The second-order valence-electron chi connectivity index (χ2n) is 11.4. The lowest BCUT2D eigenvalue weighted by Gasteiger charge is -2.34. The smallest absolute Gasteiger partial charge is 0.324 e. The van der Waals surface area contributed by atoms with Gasteiger partial charge < -0.3 is 29.7 Å². The zero-order chi connectivity index (χ0) is 26.6. The SMILES string of the molecule is CC(C)c1noc(N2CCC([C@H](C)CCOc3cnc(N4C[C@H](N)[C@@H](N5CCCCC5=O)C4)cn3)CC2)n1. The largest absolute Gasteiger partial charge is 0.477 e. The van der Waals surface area contributed by atoms with Crippen molar-refractivity contribution in [2.75, 3.05) is 49.1 Å². The Bertz CT molecular complexity index is 1050. The zero-order valence-corrected chi connectivity index (χ0v) is 23.0. The molecule has 0 aromatic carbocycles. The summed E-state index contributed by atoms with van der Waals surface area (Å²) >= 11 is 0. The number of likely N-dealkylation sites (tertiary alicyclic amines) is 1. The van der Waals surface area contributed by atoms with Crippen molar-refractivity contribution in [2.45, 2.75) is 77.3 Å². The van der Waals surface area contributed by atoms with Crippen molar-refractivity contribution in [3.63, 3.8) is 0 Å². The van der Waals surface area contributed by atoms with Crippen LogP contribution in [0.2, 0.25) is 0 Å². The minimum atomic E-state index is -0.0762. The number of hydrogen-bond acceptors (Lipinski definition) is 10. The Morgan fingerprint density at radius 3 is 2.58 bits per heavy atom. The van der Waals surface area contributed by atoms with Crippen LogP contribution in [0.4, 0.5) is 11.8 Å². The van der Waals surface area contributed by atoms with Crippen LogP contribution in [-0.2, 0) is 4.79 Å². The van der Waals surface area contributed by atoms with Crippen LogP contribution in [0.3, 0.4) is 0 Å². The monoisotopic (exact) mass is 526 g/mol. The van der Waals surface area contributed by atoms with E-state index in [0.29, 0.717) is 49.8 Å². The molecule has 0 radical (unpaired) electrons. The first kappa shape index (κ1) is 26.6. The number of amides is 1. The van der Waals surface area contributed by atoms with E-state index in [-0.39, 0.29) is 23.9 Å². The average Bonchev–Trinajstić information content (AvgIpc) is 3.57. The third-order valence-electron chi connectivity index (χ3n) is 8.42. The van der Waals surface area contributed by atoms with Gasteiger partial charge in [-0.15, -0.1) is 0 Å². The molecule has 38 heavy (non-hydrogen) atoms. The predicted molar refractivity (Wildman–Crippen MR) is 144 cm³/mol. The predicted octanol–water partition coefficient (Wildman–Crippen LogP) is 2.83. The fourth-order valence-corrected chi connectivity index (χ4v) is 5.89. The maximum atomic E-state index is 12.4. The molecule has 11 heteroatoms. The van der Waals surface area contributed by atoms with Crippen LogP contribution < -0.4 is 20.3 Å². The van der Waals surface area contributed by atoms with Crippen LogP contribution in [0.5, 0.6) is 5.88 Å². The van der Waals surface area contributed by atoms with Crippen LogP contribution >= 0.6 is 0 Å². The highest BCUT2D eigenvalue weighted by molar-refractivity contribution is 5.77. The Morgan fingerprint density at radius 1 is 1.08 bits per heavy atom. The number of anilines is 2. The van der Waals surface area contributed by atoms with Crippen LogP contribution in [0.1, 0.15) is 71.0 Å².